The molecular formula is C14H22BrN5OS. The first-order chi connectivity index (χ1) is 10.6. The summed E-state index contributed by atoms with van der Waals surface area (Å²) in [6.07, 6.45) is 2.65. The summed E-state index contributed by atoms with van der Waals surface area (Å²) in [6.45, 7) is 3.80. The molecule has 3 rings (SSSR count). The molecule has 3 heterocycles. The standard InChI is InChI=1S/C14H16BrN5OS.3H2/c15-9-6-10(13(16)18-7-9)12(21)14-19-11(8-22-14)20-4-1-2-17-3-5-20;;;/h6-8,17H,1-5H2,(H2,16,18);3*1H. The quantitative estimate of drug-likeness (QED) is 0.787. The van der Waals surface area contributed by atoms with Gasteiger partial charge >= 0.3 is 0 Å². The summed E-state index contributed by atoms with van der Waals surface area (Å²) < 4.78 is 0.723. The van der Waals surface area contributed by atoms with Gasteiger partial charge in [0.1, 0.15) is 11.6 Å². The molecule has 22 heavy (non-hydrogen) atoms. The normalized spacial score (nSPS) is 15.6. The molecule has 122 valence electrons. The topological polar surface area (TPSA) is 84.1 Å². The average Bonchev–Trinajstić information content (AvgIpc) is 2.85. The van der Waals surface area contributed by atoms with Crippen LogP contribution in [-0.2, 0) is 0 Å². The fraction of sp³-hybridized carbons (Fsp3) is 0.357. The third-order valence-electron chi connectivity index (χ3n) is 3.48. The molecule has 1 fully saturated rings. The molecule has 6 nitrogen and oxygen atoms in total. The average molecular weight is 388 g/mol. The highest BCUT2D eigenvalue weighted by molar-refractivity contribution is 9.10. The van der Waals surface area contributed by atoms with Crippen LogP contribution in [0.3, 0.4) is 0 Å². The lowest BCUT2D eigenvalue weighted by molar-refractivity contribution is 0.103. The monoisotopic (exact) mass is 387 g/mol. The van der Waals surface area contributed by atoms with Crippen molar-refractivity contribution in [1.29, 1.82) is 0 Å². The molecule has 1 saturated heterocycles. The minimum absolute atomic E-state index is 0. The SMILES string of the molecule is Nc1ncc(Br)cc1C(=O)c1nc(N2CCCNCC2)cs1.[HH].[HH].[HH]. The Labute approximate surface area is 145 Å². The number of carbonyl (C=O) groups is 1. The Morgan fingerprint density at radius 1 is 1.45 bits per heavy atom. The molecule has 2 aromatic rings. The van der Waals surface area contributed by atoms with Gasteiger partial charge in [0.05, 0.1) is 5.56 Å². The number of ketones is 1. The van der Waals surface area contributed by atoms with E-state index in [0.29, 0.717) is 10.6 Å². The highest BCUT2D eigenvalue weighted by Crippen LogP contribution is 2.24. The van der Waals surface area contributed by atoms with Crippen LogP contribution < -0.4 is 16.0 Å². The molecule has 0 unspecified atom stereocenters. The van der Waals surface area contributed by atoms with Crippen LogP contribution >= 0.6 is 27.3 Å². The molecule has 0 aromatic carbocycles. The predicted octanol–water partition coefficient (Wildman–Crippen LogP) is 2.65. The lowest BCUT2D eigenvalue weighted by Gasteiger charge is -2.18. The van der Waals surface area contributed by atoms with Crippen LogP contribution in [0, 0.1) is 0 Å². The van der Waals surface area contributed by atoms with Crippen LogP contribution in [0.25, 0.3) is 0 Å². The first kappa shape index (κ1) is 15.4. The molecule has 0 aliphatic carbocycles. The van der Waals surface area contributed by atoms with E-state index < -0.39 is 0 Å². The van der Waals surface area contributed by atoms with Crippen LogP contribution in [-0.4, -0.2) is 41.9 Å². The highest BCUT2D eigenvalue weighted by Gasteiger charge is 2.20. The third kappa shape index (κ3) is 3.29. The number of hydrogen-bond donors (Lipinski definition) is 2. The van der Waals surface area contributed by atoms with Crippen molar-refractivity contribution in [2.75, 3.05) is 36.8 Å². The lowest BCUT2D eigenvalue weighted by Crippen LogP contribution is -2.28. The van der Waals surface area contributed by atoms with Gasteiger partial charge in [0.15, 0.2) is 5.01 Å². The number of aromatic nitrogens is 2. The van der Waals surface area contributed by atoms with Gasteiger partial charge in [0.25, 0.3) is 0 Å². The van der Waals surface area contributed by atoms with Gasteiger partial charge in [-0.3, -0.25) is 4.79 Å². The third-order valence-corrected chi connectivity index (χ3v) is 4.74. The molecule has 0 radical (unpaired) electrons. The van der Waals surface area contributed by atoms with Crippen molar-refractivity contribution in [2.45, 2.75) is 6.42 Å². The van der Waals surface area contributed by atoms with Crippen molar-refractivity contribution in [2.24, 2.45) is 0 Å². The number of halogens is 1. The van der Waals surface area contributed by atoms with E-state index in [1.54, 1.807) is 12.3 Å². The summed E-state index contributed by atoms with van der Waals surface area (Å²) >= 11 is 4.66. The van der Waals surface area contributed by atoms with E-state index in [0.717, 1.165) is 42.9 Å². The zero-order valence-electron chi connectivity index (χ0n) is 11.9. The summed E-state index contributed by atoms with van der Waals surface area (Å²) in [5.41, 5.74) is 6.19. The number of nitrogens with one attached hydrogen (secondary N) is 1. The Hall–Kier alpha value is -1.51. The molecule has 8 heteroatoms. The Kier molecular flexibility index (Phi) is 4.70. The summed E-state index contributed by atoms with van der Waals surface area (Å²) in [6, 6.07) is 1.68. The molecule has 0 saturated carbocycles. The summed E-state index contributed by atoms with van der Waals surface area (Å²) in [5.74, 6) is 0.901. The first-order valence-electron chi connectivity index (χ1n) is 7.02. The molecule has 0 bridgehead atoms. The number of nitrogens with zero attached hydrogens (tertiary/aromatic N) is 3. The van der Waals surface area contributed by atoms with Crippen molar-refractivity contribution >= 4 is 44.7 Å². The number of nitrogen functional groups attached to an aromatic ring is 1. The van der Waals surface area contributed by atoms with E-state index in [1.807, 2.05) is 5.38 Å². The second kappa shape index (κ2) is 6.72. The summed E-state index contributed by atoms with van der Waals surface area (Å²) in [5, 5.41) is 5.73. The van der Waals surface area contributed by atoms with Gasteiger partial charge in [-0.1, -0.05) is 0 Å². The zero-order chi connectivity index (χ0) is 15.5. The van der Waals surface area contributed by atoms with Crippen LogP contribution in [0.2, 0.25) is 0 Å². The molecular weight excluding hydrogens is 366 g/mol. The van der Waals surface area contributed by atoms with E-state index in [4.69, 9.17) is 5.73 Å². The smallest absolute Gasteiger partial charge is 0.225 e. The molecule has 1 aliphatic heterocycles. The van der Waals surface area contributed by atoms with Gasteiger partial charge < -0.3 is 16.0 Å². The predicted molar refractivity (Wildman–Crippen MR) is 97.9 cm³/mol. The Balaban J connectivity index is 0.00000192. The second-order valence-corrected chi connectivity index (χ2v) is 6.79. The van der Waals surface area contributed by atoms with E-state index in [2.05, 4.69) is 36.1 Å². The van der Waals surface area contributed by atoms with Crippen LogP contribution in [0.4, 0.5) is 11.6 Å². The molecule has 3 N–H and O–H groups in total. The number of hydrogen-bond acceptors (Lipinski definition) is 7. The van der Waals surface area contributed by atoms with Crippen molar-refractivity contribution < 1.29 is 9.07 Å². The number of nitrogens with two attached hydrogens (primary N) is 1. The van der Waals surface area contributed by atoms with Gasteiger partial charge in [-0.25, -0.2) is 9.97 Å². The molecule has 2 aromatic heterocycles. The minimum atomic E-state index is -0.185. The van der Waals surface area contributed by atoms with Gasteiger partial charge in [-0.15, -0.1) is 11.3 Å². The van der Waals surface area contributed by atoms with E-state index >= 15 is 0 Å². The van der Waals surface area contributed by atoms with Gasteiger partial charge in [-0.2, -0.15) is 0 Å². The first-order valence-corrected chi connectivity index (χ1v) is 8.69. The van der Waals surface area contributed by atoms with E-state index in [1.165, 1.54) is 11.3 Å². The van der Waals surface area contributed by atoms with Gasteiger partial charge in [0.2, 0.25) is 5.78 Å². The number of anilines is 2. The summed E-state index contributed by atoms with van der Waals surface area (Å²) in [7, 11) is 0. The van der Waals surface area contributed by atoms with Crippen LogP contribution in [0.5, 0.6) is 0 Å². The number of rotatable bonds is 3. The maximum Gasteiger partial charge on any atom is 0.225 e. The Morgan fingerprint density at radius 2 is 2.32 bits per heavy atom. The number of pyridine rings is 1. The van der Waals surface area contributed by atoms with Gasteiger partial charge in [0, 0.05) is 40.0 Å². The van der Waals surface area contributed by atoms with Crippen molar-refractivity contribution in [1.82, 2.24) is 15.3 Å². The number of carbonyl (C=O) groups excluding carboxylic acids is 1. The van der Waals surface area contributed by atoms with Crippen LogP contribution in [0.15, 0.2) is 22.1 Å². The van der Waals surface area contributed by atoms with Crippen molar-refractivity contribution in [3.05, 3.63) is 32.7 Å². The highest BCUT2D eigenvalue weighted by atomic mass is 79.9. The van der Waals surface area contributed by atoms with Crippen molar-refractivity contribution in [3.63, 3.8) is 0 Å². The zero-order valence-corrected chi connectivity index (χ0v) is 14.3. The Bertz CT molecular complexity index is 695. The lowest BCUT2D eigenvalue weighted by atomic mass is 10.2. The van der Waals surface area contributed by atoms with E-state index in [9.17, 15) is 4.79 Å². The second-order valence-electron chi connectivity index (χ2n) is 5.02. The molecule has 1 aliphatic rings. The Morgan fingerprint density at radius 3 is 3.18 bits per heavy atom. The van der Waals surface area contributed by atoms with Crippen LogP contribution in [0.1, 0.15) is 26.1 Å². The largest absolute Gasteiger partial charge is 0.383 e. The minimum Gasteiger partial charge on any atom is -0.383 e. The fourth-order valence-corrected chi connectivity index (χ4v) is 3.45. The van der Waals surface area contributed by atoms with E-state index in [-0.39, 0.29) is 15.9 Å². The van der Waals surface area contributed by atoms with Gasteiger partial charge in [-0.05, 0) is 35.0 Å². The maximum absolute atomic E-state index is 12.6. The molecule has 0 atom stereocenters. The summed E-state index contributed by atoms with van der Waals surface area (Å²) in [4.78, 5) is 23.3. The number of thiazole rings is 1. The maximum atomic E-state index is 12.6. The molecule has 0 spiro atoms. The molecule has 0 amide bonds. The van der Waals surface area contributed by atoms with Crippen molar-refractivity contribution in [3.8, 4) is 0 Å². The fourth-order valence-electron chi connectivity index (χ4n) is 2.34.